The summed E-state index contributed by atoms with van der Waals surface area (Å²) in [6.45, 7) is 4.11. The lowest BCUT2D eigenvalue weighted by molar-refractivity contribution is -0.117. The average molecular weight is 423 g/mol. The van der Waals surface area contributed by atoms with Crippen LogP contribution in [0, 0.1) is 0 Å². The summed E-state index contributed by atoms with van der Waals surface area (Å²) in [5.74, 6) is -0.274. The fourth-order valence-electron chi connectivity index (χ4n) is 3.82. The standard InChI is InChI=1S/C24H30N4O3/c1-27(16-18-6-2-5-9-22(18)28-12-14-31-15-13-28)17-23(29)26-21-8-4-3-7-20(21)24(30)25-19-10-11-19/h2-9,19H,10-17H2,1H3,(H,25,30)(H,26,29). The molecule has 31 heavy (non-hydrogen) atoms. The number of hydrogen-bond acceptors (Lipinski definition) is 5. The maximum atomic E-state index is 12.7. The minimum absolute atomic E-state index is 0.133. The number of likely N-dealkylation sites (N-methyl/N-ethyl adjacent to an activating group) is 1. The number of morpholine rings is 1. The maximum Gasteiger partial charge on any atom is 0.253 e. The van der Waals surface area contributed by atoms with Crippen LogP contribution in [-0.2, 0) is 16.1 Å². The van der Waals surface area contributed by atoms with Gasteiger partial charge in [0, 0.05) is 31.4 Å². The summed E-state index contributed by atoms with van der Waals surface area (Å²) in [6.07, 6.45) is 2.05. The van der Waals surface area contributed by atoms with Crippen molar-refractivity contribution < 1.29 is 14.3 Å². The molecular weight excluding hydrogens is 392 g/mol. The summed E-state index contributed by atoms with van der Waals surface area (Å²) < 4.78 is 5.47. The van der Waals surface area contributed by atoms with E-state index in [1.807, 2.05) is 36.2 Å². The zero-order valence-electron chi connectivity index (χ0n) is 18.0. The molecule has 1 heterocycles. The molecule has 0 bridgehead atoms. The van der Waals surface area contributed by atoms with E-state index in [9.17, 15) is 9.59 Å². The number of carbonyl (C=O) groups excluding carboxylic acids is 2. The summed E-state index contributed by atoms with van der Waals surface area (Å²) in [6, 6.07) is 15.7. The van der Waals surface area contributed by atoms with Gasteiger partial charge in [-0.25, -0.2) is 0 Å². The van der Waals surface area contributed by atoms with E-state index in [4.69, 9.17) is 4.74 Å². The van der Waals surface area contributed by atoms with Crippen molar-refractivity contribution >= 4 is 23.2 Å². The molecule has 2 aliphatic rings. The molecule has 2 aromatic carbocycles. The Kier molecular flexibility index (Phi) is 6.84. The van der Waals surface area contributed by atoms with Gasteiger partial charge in [-0.3, -0.25) is 14.5 Å². The van der Waals surface area contributed by atoms with Gasteiger partial charge in [0.25, 0.3) is 5.91 Å². The minimum Gasteiger partial charge on any atom is -0.378 e. The molecule has 1 saturated carbocycles. The molecule has 1 saturated heterocycles. The smallest absolute Gasteiger partial charge is 0.253 e. The SMILES string of the molecule is CN(CC(=O)Nc1ccccc1C(=O)NC1CC1)Cc1ccccc1N1CCOCC1. The van der Waals surface area contributed by atoms with Crippen LogP contribution >= 0.6 is 0 Å². The first-order valence-electron chi connectivity index (χ1n) is 10.9. The lowest BCUT2D eigenvalue weighted by Crippen LogP contribution is -2.37. The van der Waals surface area contributed by atoms with Crippen LogP contribution in [0.15, 0.2) is 48.5 Å². The number of anilines is 2. The van der Waals surface area contributed by atoms with Crippen LogP contribution in [0.2, 0.25) is 0 Å². The summed E-state index contributed by atoms with van der Waals surface area (Å²) in [7, 11) is 1.93. The molecule has 2 fully saturated rings. The fourth-order valence-corrected chi connectivity index (χ4v) is 3.82. The molecule has 7 heteroatoms. The molecule has 4 rings (SSSR count). The van der Waals surface area contributed by atoms with E-state index < -0.39 is 0 Å². The second-order valence-corrected chi connectivity index (χ2v) is 8.24. The second-order valence-electron chi connectivity index (χ2n) is 8.24. The zero-order chi connectivity index (χ0) is 21.6. The van der Waals surface area contributed by atoms with E-state index in [0.717, 1.165) is 39.1 Å². The van der Waals surface area contributed by atoms with Crippen molar-refractivity contribution in [3.8, 4) is 0 Å². The van der Waals surface area contributed by atoms with Gasteiger partial charge >= 0.3 is 0 Å². The van der Waals surface area contributed by atoms with Gasteiger partial charge in [0.15, 0.2) is 0 Å². The third kappa shape index (κ3) is 5.83. The van der Waals surface area contributed by atoms with Crippen LogP contribution in [0.1, 0.15) is 28.8 Å². The molecule has 2 N–H and O–H groups in total. The highest BCUT2D eigenvalue weighted by molar-refractivity contribution is 6.04. The van der Waals surface area contributed by atoms with Crippen LogP contribution in [0.25, 0.3) is 0 Å². The van der Waals surface area contributed by atoms with Crippen molar-refractivity contribution in [3.05, 3.63) is 59.7 Å². The molecule has 2 aromatic rings. The van der Waals surface area contributed by atoms with E-state index in [2.05, 4.69) is 27.7 Å². The van der Waals surface area contributed by atoms with Crippen LogP contribution in [0.5, 0.6) is 0 Å². The number of hydrogen-bond donors (Lipinski definition) is 2. The number of benzene rings is 2. The van der Waals surface area contributed by atoms with Gasteiger partial charge in [0.05, 0.1) is 31.0 Å². The summed E-state index contributed by atoms with van der Waals surface area (Å²) >= 11 is 0. The normalized spacial score (nSPS) is 16.3. The molecule has 0 unspecified atom stereocenters. The van der Waals surface area contributed by atoms with E-state index in [1.165, 1.54) is 11.3 Å². The first-order valence-corrected chi connectivity index (χ1v) is 10.9. The highest BCUT2D eigenvalue weighted by Gasteiger charge is 2.25. The molecule has 164 valence electrons. The quantitative estimate of drug-likeness (QED) is 0.684. The molecule has 1 aliphatic heterocycles. The Labute approximate surface area is 183 Å². The second kappa shape index (κ2) is 9.94. The Balaban J connectivity index is 1.36. The van der Waals surface area contributed by atoms with Crippen LogP contribution < -0.4 is 15.5 Å². The maximum absolute atomic E-state index is 12.7. The van der Waals surface area contributed by atoms with Crippen molar-refractivity contribution in [2.75, 3.05) is 50.1 Å². The van der Waals surface area contributed by atoms with Gasteiger partial charge in [-0.15, -0.1) is 0 Å². The Hall–Kier alpha value is -2.90. The number of ether oxygens (including phenoxy) is 1. The summed E-state index contributed by atoms with van der Waals surface area (Å²) in [4.78, 5) is 29.5. The molecule has 1 aliphatic carbocycles. The van der Waals surface area contributed by atoms with Crippen molar-refractivity contribution in [1.29, 1.82) is 0 Å². The van der Waals surface area contributed by atoms with E-state index in [1.54, 1.807) is 12.1 Å². The van der Waals surface area contributed by atoms with E-state index >= 15 is 0 Å². The lowest BCUT2D eigenvalue weighted by Gasteiger charge is -2.31. The number of nitrogens with one attached hydrogen (secondary N) is 2. The van der Waals surface area contributed by atoms with Gasteiger partial charge in [0.1, 0.15) is 0 Å². The average Bonchev–Trinajstić information content (AvgIpc) is 3.59. The first kappa shape index (κ1) is 21.3. The predicted molar refractivity (Wildman–Crippen MR) is 121 cm³/mol. The Bertz CT molecular complexity index is 923. The first-order chi connectivity index (χ1) is 15.1. The molecular formula is C24H30N4O3. The number of rotatable bonds is 8. The monoisotopic (exact) mass is 422 g/mol. The Morgan fingerprint density at radius 2 is 1.77 bits per heavy atom. The Morgan fingerprint density at radius 3 is 2.55 bits per heavy atom. The van der Waals surface area contributed by atoms with Gasteiger partial charge < -0.3 is 20.3 Å². The Morgan fingerprint density at radius 1 is 1.06 bits per heavy atom. The lowest BCUT2D eigenvalue weighted by atomic mass is 10.1. The van der Waals surface area contributed by atoms with Crippen LogP contribution in [0.3, 0.4) is 0 Å². The largest absolute Gasteiger partial charge is 0.378 e. The predicted octanol–water partition coefficient (Wildman–Crippen LogP) is 2.49. The highest BCUT2D eigenvalue weighted by atomic mass is 16.5. The van der Waals surface area contributed by atoms with Crippen molar-refractivity contribution in [2.24, 2.45) is 0 Å². The van der Waals surface area contributed by atoms with Gasteiger partial charge in [-0.2, -0.15) is 0 Å². The zero-order valence-corrected chi connectivity index (χ0v) is 18.0. The minimum atomic E-state index is -0.141. The van der Waals surface area contributed by atoms with Crippen molar-refractivity contribution in [2.45, 2.75) is 25.4 Å². The summed E-state index contributed by atoms with van der Waals surface area (Å²) in [5.41, 5.74) is 3.43. The number of para-hydroxylation sites is 2. The number of carbonyl (C=O) groups is 2. The number of nitrogens with zero attached hydrogens (tertiary/aromatic N) is 2. The highest BCUT2D eigenvalue weighted by Crippen LogP contribution is 2.23. The fraction of sp³-hybridized carbons (Fsp3) is 0.417. The summed E-state index contributed by atoms with van der Waals surface area (Å²) in [5, 5.41) is 5.89. The van der Waals surface area contributed by atoms with Gasteiger partial charge in [0.2, 0.25) is 5.91 Å². The topological polar surface area (TPSA) is 73.9 Å². The molecule has 0 atom stereocenters. The molecule has 0 radical (unpaired) electrons. The third-order valence-electron chi connectivity index (χ3n) is 5.56. The van der Waals surface area contributed by atoms with Crippen molar-refractivity contribution in [1.82, 2.24) is 10.2 Å². The molecule has 2 amide bonds. The molecule has 7 nitrogen and oxygen atoms in total. The third-order valence-corrected chi connectivity index (χ3v) is 5.56. The van der Waals surface area contributed by atoms with Gasteiger partial charge in [-0.05, 0) is 43.7 Å². The van der Waals surface area contributed by atoms with E-state index in [-0.39, 0.29) is 24.4 Å². The molecule has 0 spiro atoms. The number of amides is 2. The van der Waals surface area contributed by atoms with Gasteiger partial charge in [-0.1, -0.05) is 30.3 Å². The van der Waals surface area contributed by atoms with Crippen molar-refractivity contribution in [3.63, 3.8) is 0 Å². The van der Waals surface area contributed by atoms with Crippen LogP contribution in [-0.4, -0.2) is 62.7 Å². The molecule has 0 aromatic heterocycles. The van der Waals surface area contributed by atoms with E-state index in [0.29, 0.717) is 17.8 Å². The van der Waals surface area contributed by atoms with Crippen LogP contribution in [0.4, 0.5) is 11.4 Å².